The molecule has 87 heavy (non-hydrogen) atoms. The summed E-state index contributed by atoms with van der Waals surface area (Å²) < 4.78 is 13.3. The molecule has 0 saturated carbocycles. The van der Waals surface area contributed by atoms with Crippen molar-refractivity contribution in [2.24, 2.45) is 0 Å². The monoisotopic (exact) mass is 1110 g/mol. The molecule has 0 radical (unpaired) electrons. The minimum absolute atomic E-state index is 0.179. The largest absolute Gasteiger partial charge is 0.456 e. The van der Waals surface area contributed by atoms with Gasteiger partial charge in [-0.3, -0.25) is 0 Å². The van der Waals surface area contributed by atoms with E-state index in [1.807, 2.05) is 6.07 Å². The van der Waals surface area contributed by atoms with E-state index < -0.39 is 5.41 Å². The van der Waals surface area contributed by atoms with Gasteiger partial charge in [-0.2, -0.15) is 0 Å². The molecule has 0 aliphatic heterocycles. The van der Waals surface area contributed by atoms with Gasteiger partial charge in [-0.25, -0.2) is 0 Å². The van der Waals surface area contributed by atoms with Crippen molar-refractivity contribution in [1.82, 2.24) is 0 Å². The maximum atomic E-state index is 6.68. The second-order valence-corrected chi connectivity index (χ2v) is 25.5. The van der Waals surface area contributed by atoms with E-state index in [9.17, 15) is 0 Å². The van der Waals surface area contributed by atoms with E-state index in [0.717, 1.165) is 78.0 Å². The molecule has 0 atom stereocenters. The van der Waals surface area contributed by atoms with Crippen LogP contribution in [-0.2, 0) is 16.2 Å². The van der Waals surface area contributed by atoms with Gasteiger partial charge in [0.15, 0.2) is 0 Å². The average molecular weight is 1110 g/mol. The van der Waals surface area contributed by atoms with Crippen molar-refractivity contribution in [3.8, 4) is 44.5 Å². The molecule has 0 fully saturated rings. The number of benzene rings is 13. The highest BCUT2D eigenvalue weighted by Crippen LogP contribution is 2.64. The Labute approximate surface area is 504 Å². The molecule has 2 aromatic heterocycles. The number of hydrogen-bond acceptors (Lipinski definition) is 4. The van der Waals surface area contributed by atoms with Gasteiger partial charge >= 0.3 is 0 Å². The SMILES string of the molecule is CC1(C)c2ccccc2-c2ccc(N(c3ccc4c(c3)C3(c5ccccc5-c5ccccc53)c3cc5cc(N(c6ccc7c(c6)C(C)(C)c6ccccc6-7)c6ccc7c(c6)oc6ccccc67)ccc5cc3-4)c3ccc4c(c3)oc3ccccc34)cc21. The Morgan fingerprint density at radius 1 is 0.230 bits per heavy atom. The van der Waals surface area contributed by atoms with Gasteiger partial charge in [-0.05, 0) is 197 Å². The Bertz CT molecular complexity index is 5470. The summed E-state index contributed by atoms with van der Waals surface area (Å²) in [5.74, 6) is 0. The smallest absolute Gasteiger partial charge is 0.137 e. The molecular weight excluding hydrogens is 1060 g/mol. The highest BCUT2D eigenvalue weighted by atomic mass is 16.3. The molecule has 15 aromatic rings. The summed E-state index contributed by atoms with van der Waals surface area (Å²) >= 11 is 0. The van der Waals surface area contributed by atoms with Crippen LogP contribution in [0.1, 0.15) is 72.2 Å². The van der Waals surface area contributed by atoms with Crippen molar-refractivity contribution in [2.75, 3.05) is 9.80 Å². The normalized spacial score (nSPS) is 14.7. The van der Waals surface area contributed by atoms with E-state index in [1.165, 1.54) is 99.8 Å². The van der Waals surface area contributed by atoms with Crippen LogP contribution in [0.4, 0.5) is 34.1 Å². The molecule has 4 nitrogen and oxygen atoms in total. The van der Waals surface area contributed by atoms with Gasteiger partial charge in [0.1, 0.15) is 22.3 Å². The van der Waals surface area contributed by atoms with Crippen LogP contribution in [0.15, 0.2) is 276 Å². The fourth-order valence-electron chi connectivity index (χ4n) is 16.4. The molecule has 4 aliphatic rings. The van der Waals surface area contributed by atoms with Gasteiger partial charge < -0.3 is 18.6 Å². The molecule has 0 saturated heterocycles. The van der Waals surface area contributed by atoms with E-state index in [4.69, 9.17) is 8.83 Å². The van der Waals surface area contributed by atoms with Crippen molar-refractivity contribution < 1.29 is 8.83 Å². The molecular formula is C83H56N2O2. The number of hydrogen-bond donors (Lipinski definition) is 0. The average Bonchev–Trinajstić information content (AvgIpc) is 1.52. The first-order chi connectivity index (χ1) is 42.6. The summed E-state index contributed by atoms with van der Waals surface area (Å²) in [7, 11) is 0. The van der Waals surface area contributed by atoms with E-state index in [-0.39, 0.29) is 10.8 Å². The van der Waals surface area contributed by atoms with E-state index in [2.05, 4.69) is 298 Å². The minimum Gasteiger partial charge on any atom is -0.456 e. The second kappa shape index (κ2) is 17.2. The Balaban J connectivity index is 0.824. The van der Waals surface area contributed by atoms with Crippen LogP contribution in [-0.4, -0.2) is 0 Å². The lowest BCUT2D eigenvalue weighted by Gasteiger charge is -2.33. The predicted molar refractivity (Wildman–Crippen MR) is 359 cm³/mol. The number of rotatable bonds is 6. The molecule has 1 spiro atoms. The van der Waals surface area contributed by atoms with Crippen molar-refractivity contribution in [3.63, 3.8) is 0 Å². The second-order valence-electron chi connectivity index (χ2n) is 25.5. The summed E-state index contributed by atoms with van der Waals surface area (Å²) in [6.07, 6.45) is 0. The Hall–Kier alpha value is -10.7. The summed E-state index contributed by atoms with van der Waals surface area (Å²) in [5.41, 5.74) is 29.7. The minimum atomic E-state index is -0.638. The third kappa shape index (κ3) is 6.51. The summed E-state index contributed by atoms with van der Waals surface area (Å²) in [6, 6.07) is 99.9. The molecule has 410 valence electrons. The Morgan fingerprint density at radius 2 is 0.575 bits per heavy atom. The van der Waals surface area contributed by atoms with Gasteiger partial charge in [0.2, 0.25) is 0 Å². The lowest BCUT2D eigenvalue weighted by molar-refractivity contribution is 0.660. The van der Waals surface area contributed by atoms with Gasteiger partial charge in [0.05, 0.1) is 5.41 Å². The quantitative estimate of drug-likeness (QED) is 0.166. The number of nitrogens with zero attached hydrogens (tertiary/aromatic N) is 2. The van der Waals surface area contributed by atoms with Crippen LogP contribution in [0.5, 0.6) is 0 Å². The van der Waals surface area contributed by atoms with Crippen molar-refractivity contribution >= 4 is 88.8 Å². The molecule has 2 heterocycles. The van der Waals surface area contributed by atoms with Gasteiger partial charge in [-0.15, -0.1) is 0 Å². The summed E-state index contributed by atoms with van der Waals surface area (Å²) in [6.45, 7) is 9.47. The zero-order chi connectivity index (χ0) is 57.7. The highest BCUT2D eigenvalue weighted by Gasteiger charge is 2.52. The van der Waals surface area contributed by atoms with E-state index >= 15 is 0 Å². The predicted octanol–water partition coefficient (Wildman–Crippen LogP) is 22.5. The molecule has 0 amide bonds. The maximum absolute atomic E-state index is 6.68. The fourth-order valence-corrected chi connectivity index (χ4v) is 16.4. The topological polar surface area (TPSA) is 32.8 Å². The van der Waals surface area contributed by atoms with E-state index in [0.29, 0.717) is 0 Å². The van der Waals surface area contributed by atoms with Gasteiger partial charge in [0.25, 0.3) is 0 Å². The summed E-state index contributed by atoms with van der Waals surface area (Å²) in [4.78, 5) is 4.90. The van der Waals surface area contributed by atoms with Gasteiger partial charge in [0, 0.05) is 78.6 Å². The van der Waals surface area contributed by atoms with E-state index in [1.54, 1.807) is 0 Å². The van der Waals surface area contributed by atoms with Crippen LogP contribution in [0, 0.1) is 0 Å². The van der Waals surface area contributed by atoms with Crippen molar-refractivity contribution in [3.05, 3.63) is 311 Å². The van der Waals surface area contributed by atoms with Crippen LogP contribution in [0.25, 0.3) is 99.2 Å². The first kappa shape index (κ1) is 48.7. The molecule has 13 aromatic carbocycles. The zero-order valence-corrected chi connectivity index (χ0v) is 48.6. The van der Waals surface area contributed by atoms with Crippen LogP contribution in [0.3, 0.4) is 0 Å². The first-order valence-corrected chi connectivity index (χ1v) is 30.5. The number of anilines is 6. The van der Waals surface area contributed by atoms with Crippen LogP contribution in [0.2, 0.25) is 0 Å². The van der Waals surface area contributed by atoms with Crippen LogP contribution >= 0.6 is 0 Å². The third-order valence-electron chi connectivity index (χ3n) is 20.4. The number of para-hydroxylation sites is 2. The molecule has 0 N–H and O–H groups in total. The lowest BCUT2D eigenvalue weighted by Crippen LogP contribution is -2.26. The Kier molecular flexibility index (Phi) is 9.65. The molecule has 19 rings (SSSR count). The van der Waals surface area contributed by atoms with Crippen LogP contribution < -0.4 is 9.80 Å². The zero-order valence-electron chi connectivity index (χ0n) is 48.6. The molecule has 4 aliphatic carbocycles. The third-order valence-corrected chi connectivity index (χ3v) is 20.4. The lowest BCUT2D eigenvalue weighted by atomic mass is 9.70. The van der Waals surface area contributed by atoms with Crippen molar-refractivity contribution in [1.29, 1.82) is 0 Å². The van der Waals surface area contributed by atoms with Gasteiger partial charge in [-0.1, -0.05) is 185 Å². The Morgan fingerprint density at radius 3 is 1.08 bits per heavy atom. The fraction of sp³-hybridized carbons (Fsp3) is 0.0843. The summed E-state index contributed by atoms with van der Waals surface area (Å²) in [5, 5.41) is 6.81. The first-order valence-electron chi connectivity index (χ1n) is 30.5. The number of furan rings is 2. The molecule has 0 unspecified atom stereocenters. The maximum Gasteiger partial charge on any atom is 0.137 e. The molecule has 4 heteroatoms. The van der Waals surface area contributed by atoms with Crippen molar-refractivity contribution in [2.45, 2.75) is 43.9 Å². The standard InChI is InChI=1S/C83H56N2O2/c1-81(2)69-23-11-5-17-57(69)61-36-31-52(44-73(61)81)84(55-34-39-66-64-21-9-15-27-77(64)86-79(66)47-55)51-30-29-49-42-68-63-38-33-54(46-76(63)83(75(68)43-50(49)41-51)71-25-13-7-19-59(71)60-20-8-14-26-72(60)83)85(56-35-40-67-65-22-10-16-28-78(65)87-80(67)48-56)53-32-37-62-58-18-6-12-24-70(58)82(3,4)74(62)45-53/h5-48H,1-4H3. The molecule has 0 bridgehead atoms. The highest BCUT2D eigenvalue weighted by molar-refractivity contribution is 6.08. The number of fused-ring (bicyclic) bond motifs is 23.